The van der Waals surface area contributed by atoms with Crippen LogP contribution in [0, 0.1) is 5.92 Å². The fourth-order valence-corrected chi connectivity index (χ4v) is 3.40. The van der Waals surface area contributed by atoms with Gasteiger partial charge in [0.2, 0.25) is 5.91 Å². The molecule has 0 fully saturated rings. The fraction of sp³-hybridized carbons (Fsp3) is 0.333. The summed E-state index contributed by atoms with van der Waals surface area (Å²) in [5, 5.41) is 3.14. The van der Waals surface area contributed by atoms with E-state index >= 15 is 0 Å². The fourth-order valence-electron chi connectivity index (χ4n) is 3.40. The number of amides is 1. The van der Waals surface area contributed by atoms with E-state index in [4.69, 9.17) is 4.74 Å². The molecule has 0 radical (unpaired) electrons. The molecule has 1 aliphatic heterocycles. The number of rotatable bonds is 5. The van der Waals surface area contributed by atoms with E-state index < -0.39 is 0 Å². The second-order valence-electron chi connectivity index (χ2n) is 7.15. The van der Waals surface area contributed by atoms with Crippen molar-refractivity contribution < 1.29 is 9.53 Å². The Hall–Kier alpha value is -2.82. The maximum absolute atomic E-state index is 12.6. The Kier molecular flexibility index (Phi) is 4.37. The zero-order chi connectivity index (χ0) is 18.1. The van der Waals surface area contributed by atoms with Crippen LogP contribution in [0.25, 0.3) is 11.0 Å². The molecule has 5 nitrogen and oxygen atoms in total. The number of hydrogen-bond acceptors (Lipinski definition) is 3. The first-order valence-corrected chi connectivity index (χ1v) is 9.09. The number of fused-ring (bicyclic) bond motifs is 2. The van der Waals surface area contributed by atoms with E-state index in [0.29, 0.717) is 6.42 Å². The van der Waals surface area contributed by atoms with Crippen molar-refractivity contribution in [3.05, 3.63) is 59.4 Å². The number of carbonyl (C=O) groups is 1. The molecule has 1 amide bonds. The molecule has 0 unspecified atom stereocenters. The molecule has 0 aliphatic carbocycles. The molecular weight excluding hydrogens is 326 g/mol. The summed E-state index contributed by atoms with van der Waals surface area (Å²) in [7, 11) is 0. The largest absolute Gasteiger partial charge is 0.493 e. The molecule has 0 saturated carbocycles. The van der Waals surface area contributed by atoms with Gasteiger partial charge in [-0.1, -0.05) is 38.1 Å². The maximum Gasteiger partial charge on any atom is 0.225 e. The summed E-state index contributed by atoms with van der Waals surface area (Å²) in [5.41, 5.74) is 4.09. The van der Waals surface area contributed by atoms with Gasteiger partial charge < -0.3 is 15.0 Å². The van der Waals surface area contributed by atoms with E-state index in [1.54, 1.807) is 0 Å². The standard InChI is InChI=1S/C21H23N3O2/c1-13(2)20(21-22-16-5-3-4-6-17(16)23-21)24-19(25)12-14-7-8-15-9-10-26-18(15)11-14/h3-8,11,13,20H,9-10,12H2,1-2H3,(H,22,23)(H,24,25)/t20-/m1/s1. The first kappa shape index (κ1) is 16.6. The maximum atomic E-state index is 12.6. The lowest BCUT2D eigenvalue weighted by molar-refractivity contribution is -0.121. The summed E-state index contributed by atoms with van der Waals surface area (Å²) in [5.74, 6) is 1.92. The minimum Gasteiger partial charge on any atom is -0.493 e. The molecule has 1 aromatic heterocycles. The van der Waals surface area contributed by atoms with Crippen molar-refractivity contribution in [2.75, 3.05) is 6.61 Å². The molecule has 2 N–H and O–H groups in total. The second kappa shape index (κ2) is 6.83. The first-order valence-electron chi connectivity index (χ1n) is 9.09. The van der Waals surface area contributed by atoms with Crippen LogP contribution in [0.3, 0.4) is 0 Å². The van der Waals surface area contributed by atoms with Crippen molar-refractivity contribution in [2.24, 2.45) is 5.92 Å². The van der Waals surface area contributed by atoms with Crippen LogP contribution in [0.15, 0.2) is 42.5 Å². The Balaban J connectivity index is 1.50. The van der Waals surface area contributed by atoms with Crippen LogP contribution in [0.1, 0.15) is 36.8 Å². The summed E-state index contributed by atoms with van der Waals surface area (Å²) in [6.07, 6.45) is 1.28. The molecule has 5 heteroatoms. The SMILES string of the molecule is CC(C)[C@@H](NC(=O)Cc1ccc2c(c1)OCC2)c1nc2ccccc2[nH]1. The molecule has 2 aromatic carbocycles. The van der Waals surface area contributed by atoms with Crippen LogP contribution in [0.2, 0.25) is 0 Å². The number of H-pyrrole nitrogens is 1. The highest BCUT2D eigenvalue weighted by molar-refractivity contribution is 5.79. The molecule has 4 rings (SSSR count). The average Bonchev–Trinajstić information content (AvgIpc) is 3.25. The highest BCUT2D eigenvalue weighted by Crippen LogP contribution is 2.27. The number of para-hydroxylation sites is 2. The third kappa shape index (κ3) is 3.29. The van der Waals surface area contributed by atoms with Gasteiger partial charge in [0.15, 0.2) is 0 Å². The van der Waals surface area contributed by atoms with Gasteiger partial charge in [0.05, 0.1) is 30.1 Å². The highest BCUT2D eigenvalue weighted by atomic mass is 16.5. The van der Waals surface area contributed by atoms with Gasteiger partial charge in [-0.3, -0.25) is 4.79 Å². The highest BCUT2D eigenvalue weighted by Gasteiger charge is 2.22. The summed E-state index contributed by atoms with van der Waals surface area (Å²) in [4.78, 5) is 20.6. The quantitative estimate of drug-likeness (QED) is 0.740. The zero-order valence-corrected chi connectivity index (χ0v) is 15.1. The van der Waals surface area contributed by atoms with E-state index in [0.717, 1.165) is 41.2 Å². The molecule has 1 aliphatic rings. The number of nitrogens with zero attached hydrogens (tertiary/aromatic N) is 1. The minimum atomic E-state index is -0.152. The number of imidazole rings is 1. The molecule has 26 heavy (non-hydrogen) atoms. The van der Waals surface area contributed by atoms with Crippen LogP contribution in [-0.4, -0.2) is 22.5 Å². The van der Waals surface area contributed by atoms with Crippen LogP contribution in [0.4, 0.5) is 0 Å². The number of aromatic nitrogens is 2. The zero-order valence-electron chi connectivity index (χ0n) is 15.1. The van der Waals surface area contributed by atoms with Crippen molar-refractivity contribution in [3.8, 4) is 5.75 Å². The van der Waals surface area contributed by atoms with Gasteiger partial charge in [0.25, 0.3) is 0 Å². The average molecular weight is 349 g/mol. The molecule has 0 bridgehead atoms. The van der Waals surface area contributed by atoms with Gasteiger partial charge in [-0.25, -0.2) is 4.98 Å². The number of carbonyl (C=O) groups excluding carboxylic acids is 1. The Labute approximate surface area is 152 Å². The van der Waals surface area contributed by atoms with Crippen molar-refractivity contribution in [1.29, 1.82) is 0 Å². The van der Waals surface area contributed by atoms with Crippen molar-refractivity contribution in [3.63, 3.8) is 0 Å². The predicted octanol–water partition coefficient (Wildman–Crippen LogP) is 3.55. The van der Waals surface area contributed by atoms with Crippen molar-refractivity contribution in [1.82, 2.24) is 15.3 Å². The Morgan fingerprint density at radius 1 is 1.27 bits per heavy atom. The van der Waals surface area contributed by atoms with E-state index in [1.165, 1.54) is 5.56 Å². The van der Waals surface area contributed by atoms with Gasteiger partial charge >= 0.3 is 0 Å². The smallest absolute Gasteiger partial charge is 0.225 e. The molecule has 3 aromatic rings. The Bertz CT molecular complexity index is 912. The molecule has 134 valence electrons. The van der Waals surface area contributed by atoms with E-state index in [1.807, 2.05) is 36.4 Å². The van der Waals surface area contributed by atoms with Gasteiger partial charge in [-0.05, 0) is 35.2 Å². The summed E-state index contributed by atoms with van der Waals surface area (Å²) >= 11 is 0. The lowest BCUT2D eigenvalue weighted by Gasteiger charge is -2.20. The molecule has 2 heterocycles. The summed E-state index contributed by atoms with van der Waals surface area (Å²) < 4.78 is 5.60. The van der Waals surface area contributed by atoms with Gasteiger partial charge in [0, 0.05) is 6.42 Å². The summed E-state index contributed by atoms with van der Waals surface area (Å²) in [6.45, 7) is 4.90. The van der Waals surface area contributed by atoms with Gasteiger partial charge in [-0.15, -0.1) is 0 Å². The second-order valence-corrected chi connectivity index (χ2v) is 7.15. The predicted molar refractivity (Wildman–Crippen MR) is 101 cm³/mol. The normalized spacial score (nSPS) is 14.3. The van der Waals surface area contributed by atoms with Gasteiger partial charge in [-0.2, -0.15) is 0 Å². The number of ether oxygens (including phenoxy) is 1. The van der Waals surface area contributed by atoms with Crippen LogP contribution in [-0.2, 0) is 17.6 Å². The van der Waals surface area contributed by atoms with Crippen molar-refractivity contribution in [2.45, 2.75) is 32.7 Å². The van der Waals surface area contributed by atoms with Crippen molar-refractivity contribution >= 4 is 16.9 Å². The Morgan fingerprint density at radius 3 is 2.92 bits per heavy atom. The van der Waals surface area contributed by atoms with E-state index in [9.17, 15) is 4.79 Å². The monoisotopic (exact) mass is 349 g/mol. The van der Waals surface area contributed by atoms with Crippen LogP contribution < -0.4 is 10.1 Å². The van der Waals surface area contributed by atoms with E-state index in [-0.39, 0.29) is 17.9 Å². The third-order valence-corrected chi connectivity index (χ3v) is 4.81. The third-order valence-electron chi connectivity index (χ3n) is 4.81. The van der Waals surface area contributed by atoms with Crippen LogP contribution >= 0.6 is 0 Å². The lowest BCUT2D eigenvalue weighted by atomic mass is 10.0. The molecule has 1 atom stereocenters. The van der Waals surface area contributed by atoms with E-state index in [2.05, 4.69) is 35.2 Å². The summed E-state index contributed by atoms with van der Waals surface area (Å²) in [6, 6.07) is 13.8. The molecule has 0 saturated heterocycles. The minimum absolute atomic E-state index is 0.0119. The number of benzene rings is 2. The molecule has 0 spiro atoms. The van der Waals surface area contributed by atoms with Crippen LogP contribution in [0.5, 0.6) is 5.75 Å². The topological polar surface area (TPSA) is 67.0 Å². The Morgan fingerprint density at radius 2 is 2.12 bits per heavy atom. The molecular formula is C21H23N3O2. The number of nitrogens with one attached hydrogen (secondary N) is 2. The van der Waals surface area contributed by atoms with Gasteiger partial charge in [0.1, 0.15) is 11.6 Å². The number of hydrogen-bond donors (Lipinski definition) is 2. The lowest BCUT2D eigenvalue weighted by Crippen LogP contribution is -2.33. The first-order chi connectivity index (χ1) is 12.6. The number of aromatic amines is 1.